The Balaban J connectivity index is 2.79. The average molecular weight is 271 g/mol. The van der Waals surface area contributed by atoms with Gasteiger partial charge in [0, 0.05) is 28.3 Å². The molecule has 0 aliphatic rings. The van der Waals surface area contributed by atoms with Gasteiger partial charge in [-0.05, 0) is 40.4 Å². The molecule has 0 bridgehead atoms. The van der Waals surface area contributed by atoms with Crippen LogP contribution in [0.5, 0.6) is 0 Å². The Bertz CT molecular complexity index is 308. The summed E-state index contributed by atoms with van der Waals surface area (Å²) in [5.41, 5.74) is 7.29. The summed E-state index contributed by atoms with van der Waals surface area (Å²) in [7, 11) is 0. The van der Waals surface area contributed by atoms with Crippen LogP contribution >= 0.6 is 15.9 Å². The Morgan fingerprint density at radius 3 is 2.53 bits per heavy atom. The second kappa shape index (κ2) is 5.08. The molecule has 0 aliphatic heterocycles. The van der Waals surface area contributed by atoms with Crippen LogP contribution in [0.15, 0.2) is 22.8 Å². The third-order valence-electron chi connectivity index (χ3n) is 3.11. The van der Waals surface area contributed by atoms with E-state index in [0.29, 0.717) is 5.92 Å². The summed E-state index contributed by atoms with van der Waals surface area (Å²) in [6, 6.07) is 4.04. The first-order valence-corrected chi connectivity index (χ1v) is 6.16. The lowest BCUT2D eigenvalue weighted by Crippen LogP contribution is -2.46. The largest absolute Gasteiger partial charge is 0.325 e. The van der Waals surface area contributed by atoms with Crippen molar-refractivity contribution in [2.75, 3.05) is 0 Å². The van der Waals surface area contributed by atoms with Crippen molar-refractivity contribution in [2.45, 2.75) is 39.2 Å². The van der Waals surface area contributed by atoms with Crippen molar-refractivity contribution in [1.29, 1.82) is 0 Å². The van der Waals surface area contributed by atoms with E-state index >= 15 is 0 Å². The van der Waals surface area contributed by atoms with Gasteiger partial charge >= 0.3 is 0 Å². The second-order valence-corrected chi connectivity index (χ2v) is 5.30. The summed E-state index contributed by atoms with van der Waals surface area (Å²) >= 11 is 3.38. The number of pyridine rings is 1. The van der Waals surface area contributed by atoms with Gasteiger partial charge in [-0.1, -0.05) is 20.8 Å². The third kappa shape index (κ3) is 3.28. The van der Waals surface area contributed by atoms with Gasteiger partial charge in [-0.25, -0.2) is 0 Å². The first kappa shape index (κ1) is 12.7. The van der Waals surface area contributed by atoms with Crippen molar-refractivity contribution in [3.63, 3.8) is 0 Å². The molecule has 1 heterocycles. The van der Waals surface area contributed by atoms with Crippen LogP contribution < -0.4 is 5.73 Å². The van der Waals surface area contributed by atoms with Crippen molar-refractivity contribution < 1.29 is 0 Å². The van der Waals surface area contributed by atoms with Gasteiger partial charge in [-0.3, -0.25) is 4.98 Å². The van der Waals surface area contributed by atoms with Crippen molar-refractivity contribution in [1.82, 2.24) is 4.98 Å². The molecule has 0 radical (unpaired) electrons. The molecule has 2 N–H and O–H groups in total. The van der Waals surface area contributed by atoms with Crippen LogP contribution in [0.25, 0.3) is 0 Å². The van der Waals surface area contributed by atoms with E-state index in [9.17, 15) is 0 Å². The Morgan fingerprint density at radius 1 is 1.47 bits per heavy atom. The summed E-state index contributed by atoms with van der Waals surface area (Å²) in [5.74, 6) is 0.466. The topological polar surface area (TPSA) is 38.9 Å². The first-order valence-electron chi connectivity index (χ1n) is 5.37. The van der Waals surface area contributed by atoms with Crippen LogP contribution in [0.1, 0.15) is 32.9 Å². The molecule has 15 heavy (non-hydrogen) atoms. The van der Waals surface area contributed by atoms with E-state index in [-0.39, 0.29) is 5.54 Å². The number of nitrogens with two attached hydrogens (primary N) is 1. The first-order chi connectivity index (χ1) is 6.98. The summed E-state index contributed by atoms with van der Waals surface area (Å²) < 4.78 is 1.01. The molecule has 84 valence electrons. The van der Waals surface area contributed by atoms with Crippen molar-refractivity contribution >= 4 is 15.9 Å². The number of hydrogen-bond acceptors (Lipinski definition) is 2. The monoisotopic (exact) mass is 270 g/mol. The lowest BCUT2D eigenvalue weighted by Gasteiger charge is -2.32. The fraction of sp³-hybridized carbons (Fsp3) is 0.583. The molecule has 1 aromatic heterocycles. The fourth-order valence-electron chi connectivity index (χ4n) is 1.59. The molecule has 0 aromatic carbocycles. The van der Waals surface area contributed by atoms with Gasteiger partial charge in [0.25, 0.3) is 0 Å². The maximum absolute atomic E-state index is 6.36. The molecule has 0 saturated heterocycles. The van der Waals surface area contributed by atoms with Gasteiger partial charge in [0.1, 0.15) is 0 Å². The fourth-order valence-corrected chi connectivity index (χ4v) is 1.82. The molecular formula is C12H19BrN2. The van der Waals surface area contributed by atoms with Crippen LogP contribution in [0.3, 0.4) is 0 Å². The second-order valence-electron chi connectivity index (χ2n) is 4.39. The number of aromatic nitrogens is 1. The molecule has 0 fully saturated rings. The lowest BCUT2D eigenvalue weighted by atomic mass is 9.81. The van der Waals surface area contributed by atoms with Crippen LogP contribution in [0.2, 0.25) is 0 Å². The number of halogens is 1. The molecule has 1 atom stereocenters. The summed E-state index contributed by atoms with van der Waals surface area (Å²) in [4.78, 5) is 4.37. The molecule has 1 rings (SSSR count). The van der Waals surface area contributed by atoms with E-state index in [1.165, 1.54) is 0 Å². The Morgan fingerprint density at radius 2 is 2.13 bits per heavy atom. The van der Waals surface area contributed by atoms with E-state index in [4.69, 9.17) is 5.73 Å². The van der Waals surface area contributed by atoms with Crippen LogP contribution in [-0.4, -0.2) is 10.5 Å². The molecule has 0 aliphatic carbocycles. The maximum Gasteiger partial charge on any atom is 0.0422 e. The minimum Gasteiger partial charge on any atom is -0.325 e. The Kier molecular flexibility index (Phi) is 4.29. The normalized spacial score (nSPS) is 15.3. The van der Waals surface area contributed by atoms with Gasteiger partial charge in [0.15, 0.2) is 0 Å². The minimum absolute atomic E-state index is 0.138. The Labute approximate surface area is 100 Å². The zero-order chi connectivity index (χ0) is 11.5. The van der Waals surface area contributed by atoms with Crippen molar-refractivity contribution in [3.05, 3.63) is 28.5 Å². The highest BCUT2D eigenvalue weighted by atomic mass is 79.9. The minimum atomic E-state index is -0.138. The third-order valence-corrected chi connectivity index (χ3v) is 3.58. The smallest absolute Gasteiger partial charge is 0.0422 e. The lowest BCUT2D eigenvalue weighted by molar-refractivity contribution is 0.294. The average Bonchev–Trinajstić information content (AvgIpc) is 2.21. The van der Waals surface area contributed by atoms with Gasteiger partial charge < -0.3 is 5.73 Å². The van der Waals surface area contributed by atoms with E-state index in [1.54, 1.807) is 0 Å². The number of rotatable bonds is 4. The SMILES string of the molecule is CCC(N)(Cc1ccc(Br)cn1)C(C)C. The standard InChI is InChI=1S/C12H19BrN2/c1-4-12(14,9(2)3)7-11-6-5-10(13)8-15-11/h5-6,8-9H,4,7,14H2,1-3H3. The zero-order valence-corrected chi connectivity index (χ0v) is 11.2. The van der Waals surface area contributed by atoms with Gasteiger partial charge in [0.05, 0.1) is 0 Å². The number of nitrogens with zero attached hydrogens (tertiary/aromatic N) is 1. The molecule has 0 spiro atoms. The van der Waals surface area contributed by atoms with Crippen molar-refractivity contribution in [2.24, 2.45) is 11.7 Å². The maximum atomic E-state index is 6.36. The molecule has 0 saturated carbocycles. The highest BCUT2D eigenvalue weighted by molar-refractivity contribution is 9.10. The summed E-state index contributed by atoms with van der Waals surface area (Å²) in [5, 5.41) is 0. The van der Waals surface area contributed by atoms with E-state index < -0.39 is 0 Å². The van der Waals surface area contributed by atoms with Crippen molar-refractivity contribution in [3.8, 4) is 0 Å². The molecule has 1 aromatic rings. The number of hydrogen-bond donors (Lipinski definition) is 1. The quantitative estimate of drug-likeness (QED) is 0.913. The highest BCUT2D eigenvalue weighted by Gasteiger charge is 2.27. The summed E-state index contributed by atoms with van der Waals surface area (Å²) in [6.45, 7) is 6.48. The molecule has 2 nitrogen and oxygen atoms in total. The van der Waals surface area contributed by atoms with Crippen LogP contribution in [0, 0.1) is 5.92 Å². The molecule has 0 amide bonds. The molecule has 1 unspecified atom stereocenters. The van der Waals surface area contributed by atoms with E-state index in [0.717, 1.165) is 23.0 Å². The Hall–Kier alpha value is -0.410. The van der Waals surface area contributed by atoms with Crippen LogP contribution in [-0.2, 0) is 6.42 Å². The van der Waals surface area contributed by atoms with Crippen LogP contribution in [0.4, 0.5) is 0 Å². The predicted molar refractivity (Wildman–Crippen MR) is 67.7 cm³/mol. The van der Waals surface area contributed by atoms with E-state index in [1.807, 2.05) is 18.3 Å². The predicted octanol–water partition coefficient (Wildman–Crippen LogP) is 3.15. The van der Waals surface area contributed by atoms with Gasteiger partial charge in [-0.2, -0.15) is 0 Å². The summed E-state index contributed by atoms with van der Waals surface area (Å²) in [6.07, 6.45) is 3.64. The van der Waals surface area contributed by atoms with Gasteiger partial charge in [0.2, 0.25) is 0 Å². The van der Waals surface area contributed by atoms with E-state index in [2.05, 4.69) is 41.7 Å². The molecule has 3 heteroatoms. The highest BCUT2D eigenvalue weighted by Crippen LogP contribution is 2.22. The molecular weight excluding hydrogens is 252 g/mol. The van der Waals surface area contributed by atoms with Gasteiger partial charge in [-0.15, -0.1) is 0 Å². The zero-order valence-electron chi connectivity index (χ0n) is 9.63.